The van der Waals surface area contributed by atoms with E-state index in [0.717, 1.165) is 34.7 Å². The molecule has 2 aromatic rings. The van der Waals surface area contributed by atoms with E-state index in [2.05, 4.69) is 26.9 Å². The van der Waals surface area contributed by atoms with Crippen LogP contribution < -0.4 is 14.4 Å². The summed E-state index contributed by atoms with van der Waals surface area (Å²) < 4.78 is 16.7. The Balaban J connectivity index is 0.000000297. The molecule has 0 radical (unpaired) electrons. The highest BCUT2D eigenvalue weighted by molar-refractivity contribution is 9.10. The largest absolute Gasteiger partial charge is 0.497 e. The molecule has 1 heterocycles. The SMILES string of the molecule is COc1cccc(Br)c1.COc1cccc(N2CCN(C(=O)OC(C)(C)C)CC2)c1. The van der Waals surface area contributed by atoms with Gasteiger partial charge in [-0.1, -0.05) is 28.1 Å². The van der Waals surface area contributed by atoms with E-state index in [9.17, 15) is 4.79 Å². The first-order chi connectivity index (χ1) is 14.2. The fraction of sp³-hybridized carbons (Fsp3) is 0.435. The van der Waals surface area contributed by atoms with E-state index in [1.165, 1.54) is 0 Å². The summed E-state index contributed by atoms with van der Waals surface area (Å²) in [6.07, 6.45) is -0.229. The first-order valence-electron chi connectivity index (χ1n) is 9.88. The third-order valence-corrected chi connectivity index (χ3v) is 4.87. The fourth-order valence-corrected chi connectivity index (χ4v) is 3.25. The maximum Gasteiger partial charge on any atom is 0.410 e. The van der Waals surface area contributed by atoms with E-state index in [-0.39, 0.29) is 6.09 Å². The number of halogens is 1. The summed E-state index contributed by atoms with van der Waals surface area (Å²) in [5, 5.41) is 0. The van der Waals surface area contributed by atoms with Crippen molar-refractivity contribution < 1.29 is 19.0 Å². The van der Waals surface area contributed by atoms with Crippen molar-refractivity contribution >= 4 is 27.7 Å². The van der Waals surface area contributed by atoms with Crippen LogP contribution in [0.5, 0.6) is 11.5 Å². The predicted octanol–water partition coefficient (Wildman–Crippen LogP) is 5.21. The second-order valence-corrected chi connectivity index (χ2v) is 8.73. The maximum atomic E-state index is 12.0. The highest BCUT2D eigenvalue weighted by atomic mass is 79.9. The van der Waals surface area contributed by atoms with Crippen LogP contribution in [0.15, 0.2) is 53.0 Å². The number of hydrogen-bond donors (Lipinski definition) is 0. The van der Waals surface area contributed by atoms with Gasteiger partial charge in [0.25, 0.3) is 0 Å². The summed E-state index contributed by atoms with van der Waals surface area (Å²) in [6.45, 7) is 8.60. The number of ether oxygens (including phenoxy) is 3. The molecule has 0 bridgehead atoms. The fourth-order valence-electron chi connectivity index (χ4n) is 2.87. The van der Waals surface area contributed by atoms with Gasteiger partial charge >= 0.3 is 6.09 Å². The number of nitrogens with zero attached hydrogens (tertiary/aromatic N) is 2. The predicted molar refractivity (Wildman–Crippen MR) is 124 cm³/mol. The Labute approximate surface area is 187 Å². The molecule has 3 rings (SSSR count). The van der Waals surface area contributed by atoms with Crippen molar-refractivity contribution in [2.75, 3.05) is 45.3 Å². The Kier molecular flexibility index (Phi) is 8.84. The molecule has 30 heavy (non-hydrogen) atoms. The number of benzene rings is 2. The van der Waals surface area contributed by atoms with E-state index in [4.69, 9.17) is 14.2 Å². The zero-order valence-electron chi connectivity index (χ0n) is 18.4. The van der Waals surface area contributed by atoms with Gasteiger partial charge in [0.05, 0.1) is 14.2 Å². The molecular weight excluding hydrogens is 448 g/mol. The minimum atomic E-state index is -0.443. The Bertz CT molecular complexity index is 815. The van der Waals surface area contributed by atoms with Crippen molar-refractivity contribution in [3.8, 4) is 11.5 Å². The Morgan fingerprint density at radius 2 is 1.47 bits per heavy atom. The highest BCUT2D eigenvalue weighted by Crippen LogP contribution is 2.22. The molecule has 1 amide bonds. The number of rotatable bonds is 3. The molecule has 164 valence electrons. The number of amides is 1. The van der Waals surface area contributed by atoms with Crippen molar-refractivity contribution in [2.24, 2.45) is 0 Å². The molecule has 0 atom stereocenters. The van der Waals surface area contributed by atoms with Gasteiger partial charge < -0.3 is 24.0 Å². The topological polar surface area (TPSA) is 51.2 Å². The van der Waals surface area contributed by atoms with E-state index in [1.807, 2.05) is 63.2 Å². The monoisotopic (exact) mass is 478 g/mol. The highest BCUT2D eigenvalue weighted by Gasteiger charge is 2.25. The zero-order valence-corrected chi connectivity index (χ0v) is 19.9. The molecule has 0 aromatic heterocycles. The Morgan fingerprint density at radius 1 is 0.900 bits per heavy atom. The van der Waals surface area contributed by atoms with Crippen molar-refractivity contribution in [1.82, 2.24) is 4.90 Å². The van der Waals surface area contributed by atoms with Crippen molar-refractivity contribution in [3.63, 3.8) is 0 Å². The molecule has 7 heteroatoms. The van der Waals surface area contributed by atoms with Gasteiger partial charge in [-0.15, -0.1) is 0 Å². The first kappa shape index (κ1) is 23.9. The van der Waals surface area contributed by atoms with Crippen LogP contribution in [0.25, 0.3) is 0 Å². The smallest absolute Gasteiger partial charge is 0.410 e. The lowest BCUT2D eigenvalue weighted by Crippen LogP contribution is -2.50. The molecule has 0 aliphatic carbocycles. The van der Waals surface area contributed by atoms with Crippen LogP contribution in [-0.2, 0) is 4.74 Å². The molecule has 0 N–H and O–H groups in total. The quantitative estimate of drug-likeness (QED) is 0.605. The number of anilines is 1. The Hall–Kier alpha value is -2.41. The van der Waals surface area contributed by atoms with Gasteiger partial charge in [-0.25, -0.2) is 4.79 Å². The van der Waals surface area contributed by atoms with E-state index >= 15 is 0 Å². The van der Waals surface area contributed by atoms with E-state index < -0.39 is 5.60 Å². The van der Waals surface area contributed by atoms with Crippen LogP contribution in [0.1, 0.15) is 20.8 Å². The molecule has 1 fully saturated rings. The van der Waals surface area contributed by atoms with E-state index in [0.29, 0.717) is 13.1 Å². The summed E-state index contributed by atoms with van der Waals surface area (Å²) in [5.41, 5.74) is 0.680. The average Bonchev–Trinajstić information content (AvgIpc) is 2.73. The number of methoxy groups -OCH3 is 2. The third-order valence-electron chi connectivity index (χ3n) is 4.38. The molecule has 0 spiro atoms. The number of hydrogen-bond acceptors (Lipinski definition) is 5. The normalized spacial score (nSPS) is 13.8. The van der Waals surface area contributed by atoms with Gasteiger partial charge in [0.2, 0.25) is 0 Å². The summed E-state index contributed by atoms with van der Waals surface area (Å²) in [7, 11) is 3.32. The lowest BCUT2D eigenvalue weighted by atomic mass is 10.2. The molecule has 6 nitrogen and oxygen atoms in total. The second kappa shape index (κ2) is 11.1. The standard InChI is InChI=1S/C16H24N2O3.C7H7BrO/c1-16(2,3)21-15(19)18-10-8-17(9-11-18)13-6-5-7-14(12-13)20-4;1-9-7-4-2-3-6(8)5-7/h5-7,12H,8-11H2,1-4H3;2-5H,1H3. The van der Waals surface area contributed by atoms with Crippen molar-refractivity contribution in [2.45, 2.75) is 26.4 Å². The average molecular weight is 479 g/mol. The second-order valence-electron chi connectivity index (χ2n) is 7.82. The van der Waals surface area contributed by atoms with Gasteiger partial charge in [0, 0.05) is 42.4 Å². The summed E-state index contributed by atoms with van der Waals surface area (Å²) >= 11 is 3.32. The first-order valence-corrected chi connectivity index (χ1v) is 10.7. The third kappa shape index (κ3) is 7.78. The molecular formula is C23H31BrN2O4. The molecule has 1 saturated heterocycles. The molecule has 0 unspecified atom stereocenters. The van der Waals surface area contributed by atoms with Gasteiger partial charge in [-0.3, -0.25) is 0 Å². The van der Waals surface area contributed by atoms with Gasteiger partial charge in [0.1, 0.15) is 17.1 Å². The van der Waals surface area contributed by atoms with Crippen LogP contribution in [-0.4, -0.2) is 57.0 Å². The molecule has 2 aromatic carbocycles. The lowest BCUT2D eigenvalue weighted by molar-refractivity contribution is 0.0240. The number of carbonyl (C=O) groups is 1. The van der Waals surface area contributed by atoms with Crippen LogP contribution in [0.2, 0.25) is 0 Å². The Morgan fingerprint density at radius 3 is 1.97 bits per heavy atom. The molecule has 1 aliphatic heterocycles. The summed E-state index contributed by atoms with van der Waals surface area (Å²) in [4.78, 5) is 16.0. The number of carbonyl (C=O) groups excluding carboxylic acids is 1. The van der Waals surface area contributed by atoms with Crippen LogP contribution >= 0.6 is 15.9 Å². The molecule has 1 aliphatic rings. The molecule has 0 saturated carbocycles. The van der Waals surface area contributed by atoms with Crippen molar-refractivity contribution in [3.05, 3.63) is 53.0 Å². The van der Waals surface area contributed by atoms with Gasteiger partial charge in [0.15, 0.2) is 0 Å². The summed E-state index contributed by atoms with van der Waals surface area (Å²) in [6, 6.07) is 15.7. The van der Waals surface area contributed by atoms with Gasteiger partial charge in [-0.05, 0) is 51.1 Å². The van der Waals surface area contributed by atoms with Gasteiger partial charge in [-0.2, -0.15) is 0 Å². The van der Waals surface area contributed by atoms with E-state index in [1.54, 1.807) is 19.1 Å². The maximum absolute atomic E-state index is 12.0. The van der Waals surface area contributed by atoms with Crippen LogP contribution in [0.4, 0.5) is 10.5 Å². The summed E-state index contributed by atoms with van der Waals surface area (Å²) in [5.74, 6) is 1.73. The minimum Gasteiger partial charge on any atom is -0.497 e. The lowest BCUT2D eigenvalue weighted by Gasteiger charge is -2.36. The van der Waals surface area contributed by atoms with Crippen LogP contribution in [0, 0.1) is 0 Å². The van der Waals surface area contributed by atoms with Crippen molar-refractivity contribution in [1.29, 1.82) is 0 Å². The zero-order chi connectivity index (χ0) is 22.1. The number of piperazine rings is 1. The van der Waals surface area contributed by atoms with Crippen LogP contribution in [0.3, 0.4) is 0 Å². The minimum absolute atomic E-state index is 0.229.